The Morgan fingerprint density at radius 1 is 1.12 bits per heavy atom. The maximum absolute atomic E-state index is 12.3. The first kappa shape index (κ1) is 16.1. The van der Waals surface area contributed by atoms with Crippen LogP contribution in [0, 0.1) is 0 Å². The molecule has 0 bridgehead atoms. The third-order valence-electron chi connectivity index (χ3n) is 4.67. The molecule has 6 nitrogen and oxygen atoms in total. The average molecular weight is 346 g/mol. The topological polar surface area (TPSA) is 86.9 Å². The van der Waals surface area contributed by atoms with Gasteiger partial charge in [-0.05, 0) is 16.7 Å². The van der Waals surface area contributed by atoms with E-state index in [0.717, 1.165) is 22.3 Å². The van der Waals surface area contributed by atoms with Crippen molar-refractivity contribution in [2.45, 2.75) is 12.3 Å². The lowest BCUT2D eigenvalue weighted by Crippen LogP contribution is -2.26. The SMILES string of the molecule is CNC(=O)c1[nH]nc2c1C(c1ccccc1-c1ccccc1)CC(=O)N2. The number of hydrogen-bond acceptors (Lipinski definition) is 3. The summed E-state index contributed by atoms with van der Waals surface area (Å²) < 4.78 is 0. The van der Waals surface area contributed by atoms with E-state index in [1.807, 2.05) is 54.6 Å². The molecule has 0 saturated heterocycles. The normalized spacial score (nSPS) is 15.9. The molecule has 26 heavy (non-hydrogen) atoms. The number of H-pyrrole nitrogens is 1. The highest BCUT2D eigenvalue weighted by molar-refractivity contribution is 6.00. The number of benzene rings is 2. The van der Waals surface area contributed by atoms with Crippen LogP contribution in [0.25, 0.3) is 11.1 Å². The van der Waals surface area contributed by atoms with Gasteiger partial charge >= 0.3 is 0 Å². The summed E-state index contributed by atoms with van der Waals surface area (Å²) in [5, 5.41) is 12.3. The summed E-state index contributed by atoms with van der Waals surface area (Å²) in [6.45, 7) is 0. The minimum Gasteiger partial charge on any atom is -0.354 e. The molecule has 1 aromatic heterocycles. The summed E-state index contributed by atoms with van der Waals surface area (Å²) in [4.78, 5) is 24.5. The van der Waals surface area contributed by atoms with Gasteiger partial charge in [0.2, 0.25) is 5.91 Å². The van der Waals surface area contributed by atoms with Crippen molar-refractivity contribution in [3.05, 3.63) is 71.4 Å². The Labute approximate surface area is 150 Å². The number of amides is 2. The first-order valence-corrected chi connectivity index (χ1v) is 8.43. The number of carbonyl (C=O) groups excluding carboxylic acids is 2. The second-order valence-corrected chi connectivity index (χ2v) is 6.20. The van der Waals surface area contributed by atoms with E-state index < -0.39 is 0 Å². The molecule has 3 aromatic rings. The van der Waals surface area contributed by atoms with Gasteiger partial charge in [-0.25, -0.2) is 0 Å². The standard InChI is InChI=1S/C20H18N4O2/c1-21-20(26)18-17-15(11-16(25)22-19(17)24-23-18)14-10-6-5-9-13(14)12-7-3-2-4-8-12/h2-10,15H,11H2,1H3,(H,21,26)(H2,22,23,24,25). The van der Waals surface area contributed by atoms with Crippen LogP contribution in [0.5, 0.6) is 0 Å². The summed E-state index contributed by atoms with van der Waals surface area (Å²) in [7, 11) is 1.57. The molecule has 0 aliphatic carbocycles. The fourth-order valence-corrected chi connectivity index (χ4v) is 3.50. The monoisotopic (exact) mass is 346 g/mol. The molecule has 0 spiro atoms. The zero-order chi connectivity index (χ0) is 18.1. The molecule has 1 aliphatic rings. The number of nitrogens with zero attached hydrogens (tertiary/aromatic N) is 1. The lowest BCUT2D eigenvalue weighted by Gasteiger charge is -2.25. The van der Waals surface area contributed by atoms with E-state index in [2.05, 4.69) is 20.8 Å². The number of hydrogen-bond donors (Lipinski definition) is 3. The molecule has 0 saturated carbocycles. The highest BCUT2D eigenvalue weighted by atomic mass is 16.2. The summed E-state index contributed by atoms with van der Waals surface area (Å²) >= 11 is 0. The highest BCUT2D eigenvalue weighted by Crippen LogP contribution is 2.41. The summed E-state index contributed by atoms with van der Waals surface area (Å²) in [6.07, 6.45) is 0.264. The van der Waals surface area contributed by atoms with E-state index in [0.29, 0.717) is 11.5 Å². The smallest absolute Gasteiger partial charge is 0.269 e. The minimum atomic E-state index is -0.253. The zero-order valence-electron chi connectivity index (χ0n) is 14.2. The number of aromatic amines is 1. The second kappa shape index (κ2) is 6.48. The molecule has 6 heteroatoms. The van der Waals surface area contributed by atoms with Crippen molar-refractivity contribution in [2.24, 2.45) is 0 Å². The number of fused-ring (bicyclic) bond motifs is 1. The zero-order valence-corrected chi connectivity index (χ0v) is 14.2. The molecule has 0 fully saturated rings. The van der Waals surface area contributed by atoms with Gasteiger partial charge in [-0.15, -0.1) is 0 Å². The Balaban J connectivity index is 1.90. The minimum absolute atomic E-state index is 0.111. The highest BCUT2D eigenvalue weighted by Gasteiger charge is 2.34. The molecule has 1 atom stereocenters. The maximum Gasteiger partial charge on any atom is 0.269 e. The molecule has 4 rings (SSSR count). The van der Waals surface area contributed by atoms with Crippen LogP contribution < -0.4 is 10.6 Å². The Bertz CT molecular complexity index is 978. The molecule has 3 N–H and O–H groups in total. The Kier molecular flexibility index (Phi) is 4.01. The number of rotatable bonds is 3. The first-order chi connectivity index (χ1) is 12.7. The van der Waals surface area contributed by atoms with Crippen LogP contribution >= 0.6 is 0 Å². The fraction of sp³-hybridized carbons (Fsp3) is 0.150. The third kappa shape index (κ3) is 2.65. The molecular formula is C20H18N4O2. The molecule has 2 heterocycles. The van der Waals surface area contributed by atoms with E-state index in [1.54, 1.807) is 7.05 Å². The van der Waals surface area contributed by atoms with Crippen molar-refractivity contribution < 1.29 is 9.59 Å². The summed E-state index contributed by atoms with van der Waals surface area (Å²) in [5.41, 5.74) is 4.23. The quantitative estimate of drug-likeness (QED) is 0.681. The van der Waals surface area contributed by atoms with Crippen LogP contribution in [0.3, 0.4) is 0 Å². The van der Waals surface area contributed by atoms with E-state index in [1.165, 1.54) is 0 Å². The van der Waals surface area contributed by atoms with E-state index in [9.17, 15) is 9.59 Å². The van der Waals surface area contributed by atoms with E-state index >= 15 is 0 Å². The van der Waals surface area contributed by atoms with Gasteiger partial charge in [-0.1, -0.05) is 54.6 Å². The van der Waals surface area contributed by atoms with E-state index in [4.69, 9.17) is 0 Å². The van der Waals surface area contributed by atoms with Crippen LogP contribution in [-0.4, -0.2) is 29.1 Å². The third-order valence-corrected chi connectivity index (χ3v) is 4.67. The number of aromatic nitrogens is 2. The largest absolute Gasteiger partial charge is 0.354 e. The maximum atomic E-state index is 12.3. The Morgan fingerprint density at radius 2 is 1.85 bits per heavy atom. The molecule has 2 aromatic carbocycles. The van der Waals surface area contributed by atoms with Crippen LogP contribution in [0.1, 0.15) is 34.0 Å². The van der Waals surface area contributed by atoms with Crippen molar-refractivity contribution in [2.75, 3.05) is 12.4 Å². The van der Waals surface area contributed by atoms with Crippen molar-refractivity contribution in [3.63, 3.8) is 0 Å². The lowest BCUT2D eigenvalue weighted by molar-refractivity contribution is -0.116. The van der Waals surface area contributed by atoms with Gasteiger partial charge < -0.3 is 10.6 Å². The fourth-order valence-electron chi connectivity index (χ4n) is 3.50. The lowest BCUT2D eigenvalue weighted by atomic mass is 9.81. The summed E-state index contributed by atoms with van der Waals surface area (Å²) in [5.74, 6) is -0.189. The average Bonchev–Trinajstić information content (AvgIpc) is 3.11. The second-order valence-electron chi connectivity index (χ2n) is 6.20. The number of anilines is 1. The van der Waals surface area contributed by atoms with E-state index in [-0.39, 0.29) is 24.2 Å². The van der Waals surface area contributed by atoms with Crippen molar-refractivity contribution in [1.29, 1.82) is 0 Å². The van der Waals surface area contributed by atoms with Gasteiger partial charge in [0, 0.05) is 24.9 Å². The Hall–Kier alpha value is -3.41. The molecule has 2 amide bonds. The van der Waals surface area contributed by atoms with Gasteiger partial charge in [0.15, 0.2) is 5.82 Å². The molecule has 130 valence electrons. The van der Waals surface area contributed by atoms with Gasteiger partial charge in [0.25, 0.3) is 5.91 Å². The predicted octanol–water partition coefficient (Wildman–Crippen LogP) is 2.91. The van der Waals surface area contributed by atoms with Crippen LogP contribution in [0.2, 0.25) is 0 Å². The summed E-state index contributed by atoms with van der Waals surface area (Å²) in [6, 6.07) is 18.0. The van der Waals surface area contributed by atoms with Crippen molar-refractivity contribution in [3.8, 4) is 11.1 Å². The molecule has 0 radical (unpaired) electrons. The molecular weight excluding hydrogens is 328 g/mol. The first-order valence-electron chi connectivity index (χ1n) is 8.43. The van der Waals surface area contributed by atoms with Gasteiger partial charge in [0.1, 0.15) is 5.69 Å². The van der Waals surface area contributed by atoms with Crippen molar-refractivity contribution >= 4 is 17.6 Å². The van der Waals surface area contributed by atoms with Gasteiger partial charge in [-0.3, -0.25) is 14.7 Å². The van der Waals surface area contributed by atoms with Gasteiger partial charge in [0.05, 0.1) is 0 Å². The van der Waals surface area contributed by atoms with Crippen LogP contribution in [0.4, 0.5) is 5.82 Å². The Morgan fingerprint density at radius 3 is 2.62 bits per heavy atom. The van der Waals surface area contributed by atoms with Crippen LogP contribution in [-0.2, 0) is 4.79 Å². The molecule has 1 aliphatic heterocycles. The molecule has 1 unspecified atom stereocenters. The number of nitrogens with one attached hydrogen (secondary N) is 3. The predicted molar refractivity (Wildman–Crippen MR) is 98.9 cm³/mol. The van der Waals surface area contributed by atoms with Gasteiger partial charge in [-0.2, -0.15) is 5.10 Å². The van der Waals surface area contributed by atoms with Crippen LogP contribution in [0.15, 0.2) is 54.6 Å². The number of carbonyl (C=O) groups is 2. The van der Waals surface area contributed by atoms with Crippen molar-refractivity contribution in [1.82, 2.24) is 15.5 Å².